The van der Waals surface area contributed by atoms with Gasteiger partial charge in [-0.1, -0.05) is 6.08 Å². The molecule has 1 amide bonds. The van der Waals surface area contributed by atoms with Crippen molar-refractivity contribution >= 4 is 6.09 Å². The lowest BCUT2D eigenvalue weighted by Gasteiger charge is -2.24. The lowest BCUT2D eigenvalue weighted by atomic mass is 10.0. The normalized spacial score (nSPS) is 20.4. The highest BCUT2D eigenvalue weighted by atomic mass is 16.6. The van der Waals surface area contributed by atoms with E-state index in [1.165, 1.54) is 12.8 Å². The van der Waals surface area contributed by atoms with Gasteiger partial charge in [-0.3, -0.25) is 0 Å². The number of rotatable bonds is 4. The first-order chi connectivity index (χ1) is 7.92. The average molecular weight is 239 g/mol. The molecule has 3 heteroatoms. The van der Waals surface area contributed by atoms with Crippen LogP contribution in [0.25, 0.3) is 0 Å². The Balaban J connectivity index is 2.29. The molecule has 0 N–H and O–H groups in total. The van der Waals surface area contributed by atoms with Crippen molar-refractivity contribution in [2.24, 2.45) is 5.92 Å². The Morgan fingerprint density at radius 1 is 1.53 bits per heavy atom. The Morgan fingerprint density at radius 3 is 2.82 bits per heavy atom. The molecule has 0 bridgehead atoms. The summed E-state index contributed by atoms with van der Waals surface area (Å²) < 4.78 is 5.37. The number of unbranched alkanes of at least 4 members (excludes halogenated alkanes) is 1. The molecule has 3 nitrogen and oxygen atoms in total. The molecule has 1 aliphatic heterocycles. The smallest absolute Gasteiger partial charge is 0.410 e. The molecule has 1 atom stereocenters. The summed E-state index contributed by atoms with van der Waals surface area (Å²) in [5, 5.41) is 0. The fourth-order valence-corrected chi connectivity index (χ4v) is 2.11. The van der Waals surface area contributed by atoms with Gasteiger partial charge >= 0.3 is 6.09 Å². The van der Waals surface area contributed by atoms with E-state index in [0.29, 0.717) is 5.92 Å². The summed E-state index contributed by atoms with van der Waals surface area (Å²) in [7, 11) is 0. The first-order valence-electron chi connectivity index (χ1n) is 6.51. The van der Waals surface area contributed by atoms with Crippen molar-refractivity contribution in [3.8, 4) is 0 Å². The second-order valence-corrected chi connectivity index (χ2v) is 5.80. The first kappa shape index (κ1) is 14.1. The van der Waals surface area contributed by atoms with Gasteiger partial charge in [-0.25, -0.2) is 4.79 Å². The average Bonchev–Trinajstić information content (AvgIpc) is 2.64. The van der Waals surface area contributed by atoms with Crippen LogP contribution in [-0.2, 0) is 4.74 Å². The highest BCUT2D eigenvalue weighted by molar-refractivity contribution is 5.68. The SMILES string of the molecule is C=CCCC[C@@H]1CCN(C(=O)OC(C)(C)C)C1. The monoisotopic (exact) mass is 239 g/mol. The summed E-state index contributed by atoms with van der Waals surface area (Å²) in [5.74, 6) is 0.641. The van der Waals surface area contributed by atoms with Crippen molar-refractivity contribution in [1.82, 2.24) is 4.90 Å². The molecule has 1 rings (SSSR count). The second kappa shape index (κ2) is 6.08. The van der Waals surface area contributed by atoms with E-state index in [1.54, 1.807) is 0 Å². The number of likely N-dealkylation sites (tertiary alicyclic amines) is 1. The van der Waals surface area contributed by atoms with E-state index >= 15 is 0 Å². The van der Waals surface area contributed by atoms with Crippen LogP contribution >= 0.6 is 0 Å². The minimum atomic E-state index is -0.391. The van der Waals surface area contributed by atoms with Gasteiger partial charge in [-0.15, -0.1) is 6.58 Å². The van der Waals surface area contributed by atoms with Crippen molar-refractivity contribution in [2.75, 3.05) is 13.1 Å². The molecule has 1 saturated heterocycles. The zero-order chi connectivity index (χ0) is 12.9. The van der Waals surface area contributed by atoms with Gasteiger partial charge in [-0.2, -0.15) is 0 Å². The van der Waals surface area contributed by atoms with E-state index in [-0.39, 0.29) is 6.09 Å². The molecule has 1 heterocycles. The Hall–Kier alpha value is -0.990. The molecular formula is C14H25NO2. The van der Waals surface area contributed by atoms with Crippen molar-refractivity contribution < 1.29 is 9.53 Å². The van der Waals surface area contributed by atoms with Crippen LogP contribution in [0.2, 0.25) is 0 Å². The molecule has 1 aliphatic rings. The maximum Gasteiger partial charge on any atom is 0.410 e. The third-order valence-electron chi connectivity index (χ3n) is 2.96. The van der Waals surface area contributed by atoms with Crippen LogP contribution in [-0.4, -0.2) is 29.7 Å². The largest absolute Gasteiger partial charge is 0.444 e. The van der Waals surface area contributed by atoms with Crippen molar-refractivity contribution in [1.29, 1.82) is 0 Å². The van der Waals surface area contributed by atoms with E-state index in [1.807, 2.05) is 31.7 Å². The molecule has 0 saturated carbocycles. The van der Waals surface area contributed by atoms with Gasteiger partial charge in [0.1, 0.15) is 5.60 Å². The minimum Gasteiger partial charge on any atom is -0.444 e. The Bertz CT molecular complexity index is 268. The van der Waals surface area contributed by atoms with E-state index in [2.05, 4.69) is 6.58 Å². The number of hydrogen-bond donors (Lipinski definition) is 0. The zero-order valence-electron chi connectivity index (χ0n) is 11.4. The van der Waals surface area contributed by atoms with Gasteiger partial charge in [0.25, 0.3) is 0 Å². The van der Waals surface area contributed by atoms with Crippen LogP contribution in [0.3, 0.4) is 0 Å². The summed E-state index contributed by atoms with van der Waals surface area (Å²) in [6.07, 6.45) is 6.34. The van der Waals surface area contributed by atoms with Crippen molar-refractivity contribution in [2.45, 2.75) is 52.1 Å². The third kappa shape index (κ3) is 5.24. The van der Waals surface area contributed by atoms with Gasteiger partial charge in [-0.05, 0) is 52.4 Å². The molecule has 0 unspecified atom stereocenters. The van der Waals surface area contributed by atoms with Gasteiger partial charge in [0.05, 0.1) is 0 Å². The maximum atomic E-state index is 11.8. The fraction of sp³-hybridized carbons (Fsp3) is 0.786. The number of carbonyl (C=O) groups excluding carboxylic acids is 1. The second-order valence-electron chi connectivity index (χ2n) is 5.80. The molecule has 0 spiro atoms. The Labute approximate surface area is 105 Å². The molecular weight excluding hydrogens is 214 g/mol. The summed E-state index contributed by atoms with van der Waals surface area (Å²) >= 11 is 0. The van der Waals surface area contributed by atoms with E-state index < -0.39 is 5.60 Å². The molecule has 0 aromatic rings. The highest BCUT2D eigenvalue weighted by Gasteiger charge is 2.29. The minimum absolute atomic E-state index is 0.163. The first-order valence-corrected chi connectivity index (χ1v) is 6.51. The topological polar surface area (TPSA) is 29.5 Å². The van der Waals surface area contributed by atoms with Gasteiger partial charge in [0.15, 0.2) is 0 Å². The van der Waals surface area contributed by atoms with Crippen LogP contribution in [0, 0.1) is 5.92 Å². The lowest BCUT2D eigenvalue weighted by molar-refractivity contribution is 0.0287. The van der Waals surface area contributed by atoms with Crippen LogP contribution in [0.4, 0.5) is 4.79 Å². The standard InChI is InChI=1S/C14H25NO2/c1-5-6-7-8-12-9-10-15(11-12)13(16)17-14(2,3)4/h5,12H,1,6-11H2,2-4H3/t12-/m1/s1. The summed E-state index contributed by atoms with van der Waals surface area (Å²) in [6.45, 7) is 11.1. The zero-order valence-corrected chi connectivity index (χ0v) is 11.4. The number of allylic oxidation sites excluding steroid dienone is 1. The third-order valence-corrected chi connectivity index (χ3v) is 2.96. The molecule has 0 aromatic carbocycles. The number of nitrogens with zero attached hydrogens (tertiary/aromatic N) is 1. The van der Waals surface area contributed by atoms with Crippen LogP contribution in [0.15, 0.2) is 12.7 Å². The molecule has 0 aromatic heterocycles. The molecule has 0 radical (unpaired) electrons. The van der Waals surface area contributed by atoms with Gasteiger partial charge in [0.2, 0.25) is 0 Å². The van der Waals surface area contributed by atoms with E-state index in [4.69, 9.17) is 4.74 Å². The van der Waals surface area contributed by atoms with Crippen LogP contribution < -0.4 is 0 Å². The number of carbonyl (C=O) groups is 1. The summed E-state index contributed by atoms with van der Waals surface area (Å²) in [5.41, 5.74) is -0.391. The number of amides is 1. The Kier molecular flexibility index (Phi) is 5.03. The van der Waals surface area contributed by atoms with Crippen LogP contribution in [0.1, 0.15) is 46.5 Å². The fourth-order valence-electron chi connectivity index (χ4n) is 2.11. The van der Waals surface area contributed by atoms with Crippen molar-refractivity contribution in [3.63, 3.8) is 0 Å². The van der Waals surface area contributed by atoms with Crippen LogP contribution in [0.5, 0.6) is 0 Å². The molecule has 0 aliphatic carbocycles. The highest BCUT2D eigenvalue weighted by Crippen LogP contribution is 2.23. The van der Waals surface area contributed by atoms with Crippen molar-refractivity contribution in [3.05, 3.63) is 12.7 Å². The summed E-state index contributed by atoms with van der Waals surface area (Å²) in [4.78, 5) is 13.7. The Morgan fingerprint density at radius 2 is 2.24 bits per heavy atom. The van der Waals surface area contributed by atoms with E-state index in [9.17, 15) is 4.79 Å². The number of hydrogen-bond acceptors (Lipinski definition) is 2. The molecule has 1 fully saturated rings. The molecule has 98 valence electrons. The predicted molar refractivity (Wildman–Crippen MR) is 70.0 cm³/mol. The predicted octanol–water partition coefficient (Wildman–Crippen LogP) is 3.60. The van der Waals surface area contributed by atoms with Gasteiger partial charge < -0.3 is 9.64 Å². The summed E-state index contributed by atoms with van der Waals surface area (Å²) in [6, 6.07) is 0. The molecule has 17 heavy (non-hydrogen) atoms. The maximum absolute atomic E-state index is 11.8. The van der Waals surface area contributed by atoms with Gasteiger partial charge in [0, 0.05) is 13.1 Å². The van der Waals surface area contributed by atoms with E-state index in [0.717, 1.165) is 25.9 Å². The quantitative estimate of drug-likeness (QED) is 0.554. The number of ether oxygens (including phenoxy) is 1. The lowest BCUT2D eigenvalue weighted by Crippen LogP contribution is -2.35.